The van der Waals surface area contributed by atoms with Crippen LogP contribution in [0.5, 0.6) is 0 Å². The fourth-order valence-corrected chi connectivity index (χ4v) is 3.06. The van der Waals surface area contributed by atoms with Crippen LogP contribution in [0.15, 0.2) is 38.4 Å². The molecule has 0 atom stereocenters. The molecule has 0 aromatic carbocycles. The maximum Gasteiger partial charge on any atom is 0.305 e. The largest absolute Gasteiger partial charge is 0.444 e. The summed E-state index contributed by atoms with van der Waals surface area (Å²) in [5.74, 6) is -0.414. The summed E-state index contributed by atoms with van der Waals surface area (Å²) in [4.78, 5) is 30.2. The van der Waals surface area contributed by atoms with Crippen molar-refractivity contribution in [2.24, 2.45) is 0 Å². The lowest BCUT2D eigenvalue weighted by Gasteiger charge is -2.05. The number of furan rings is 1. The number of rotatable bonds is 3. The van der Waals surface area contributed by atoms with Crippen LogP contribution in [0.2, 0.25) is 0 Å². The van der Waals surface area contributed by atoms with Gasteiger partial charge in [-0.2, -0.15) is 0 Å². The van der Waals surface area contributed by atoms with Crippen LogP contribution in [0.4, 0.5) is 0 Å². The van der Waals surface area contributed by atoms with Gasteiger partial charge >= 0.3 is 5.91 Å². The van der Waals surface area contributed by atoms with Crippen LogP contribution in [0.1, 0.15) is 22.4 Å². The predicted molar refractivity (Wildman–Crippen MR) is 83.4 cm³/mol. The van der Waals surface area contributed by atoms with Gasteiger partial charge in [-0.05, 0) is 40.5 Å². The van der Waals surface area contributed by atoms with Gasteiger partial charge in [-0.25, -0.2) is 9.66 Å². The average Bonchev–Trinajstić information content (AvgIpc) is 3.08. The second-order valence-corrected chi connectivity index (χ2v) is 6.15. The number of nitrogens with one attached hydrogen (secondary N) is 1. The van der Waals surface area contributed by atoms with Crippen LogP contribution >= 0.6 is 27.3 Å². The standard InChI is InChI=1S/C13H10BrN3O3S/c1-2-7-5-8-12(21-7)15-6-17(13(8)19)16-11(18)9-3-4-10(14)20-9/h3-6H,2H2,1H3,(H,16,18). The van der Waals surface area contributed by atoms with E-state index >= 15 is 0 Å². The Labute approximate surface area is 131 Å². The molecule has 0 saturated heterocycles. The summed E-state index contributed by atoms with van der Waals surface area (Å²) in [6, 6.07) is 4.92. The van der Waals surface area contributed by atoms with E-state index in [0.29, 0.717) is 14.9 Å². The second kappa shape index (κ2) is 5.45. The predicted octanol–water partition coefficient (Wildman–Crippen LogP) is 2.76. The number of amides is 1. The molecule has 3 aromatic heterocycles. The lowest BCUT2D eigenvalue weighted by atomic mass is 10.3. The van der Waals surface area contributed by atoms with Gasteiger partial charge in [0.1, 0.15) is 11.2 Å². The van der Waals surface area contributed by atoms with Crippen molar-refractivity contribution < 1.29 is 9.21 Å². The molecule has 0 aliphatic rings. The molecule has 1 amide bonds. The molecule has 0 bridgehead atoms. The van der Waals surface area contributed by atoms with Gasteiger partial charge in [-0.1, -0.05) is 6.92 Å². The normalized spacial score (nSPS) is 11.0. The van der Waals surface area contributed by atoms with Gasteiger partial charge in [-0.15, -0.1) is 11.3 Å². The van der Waals surface area contributed by atoms with E-state index < -0.39 is 5.91 Å². The van der Waals surface area contributed by atoms with E-state index in [1.54, 1.807) is 6.07 Å². The first-order valence-corrected chi connectivity index (χ1v) is 7.76. The highest BCUT2D eigenvalue weighted by atomic mass is 79.9. The van der Waals surface area contributed by atoms with Crippen molar-refractivity contribution in [1.29, 1.82) is 0 Å². The van der Waals surface area contributed by atoms with Gasteiger partial charge in [0, 0.05) is 4.88 Å². The van der Waals surface area contributed by atoms with E-state index in [-0.39, 0.29) is 11.3 Å². The maximum absolute atomic E-state index is 12.3. The van der Waals surface area contributed by atoms with E-state index in [0.717, 1.165) is 16.0 Å². The molecular formula is C13H10BrN3O3S. The van der Waals surface area contributed by atoms with Crippen molar-refractivity contribution in [3.63, 3.8) is 0 Å². The fourth-order valence-electron chi connectivity index (χ4n) is 1.83. The third kappa shape index (κ3) is 2.64. The minimum atomic E-state index is -0.519. The Hall–Kier alpha value is -1.93. The topological polar surface area (TPSA) is 77.1 Å². The van der Waals surface area contributed by atoms with Crippen molar-refractivity contribution in [3.05, 3.63) is 50.2 Å². The molecule has 6 nitrogen and oxygen atoms in total. The maximum atomic E-state index is 12.3. The quantitative estimate of drug-likeness (QED) is 0.771. The van der Waals surface area contributed by atoms with Crippen molar-refractivity contribution in [3.8, 4) is 0 Å². The van der Waals surface area contributed by atoms with E-state index in [4.69, 9.17) is 4.42 Å². The highest BCUT2D eigenvalue weighted by Gasteiger charge is 2.13. The number of halogens is 1. The third-order valence-corrected chi connectivity index (χ3v) is 4.48. The molecule has 108 valence electrons. The van der Waals surface area contributed by atoms with Crippen molar-refractivity contribution in [2.75, 3.05) is 5.43 Å². The van der Waals surface area contributed by atoms with Gasteiger partial charge in [0.05, 0.1) is 5.39 Å². The number of nitrogens with zero attached hydrogens (tertiary/aromatic N) is 2. The zero-order valence-electron chi connectivity index (χ0n) is 10.9. The third-order valence-electron chi connectivity index (χ3n) is 2.87. The van der Waals surface area contributed by atoms with Crippen LogP contribution in [0, 0.1) is 0 Å². The minimum Gasteiger partial charge on any atom is -0.444 e. The SMILES string of the molecule is CCc1cc2c(=O)n(NC(=O)c3ccc(Br)o3)cnc2s1. The molecule has 3 heterocycles. The van der Waals surface area contributed by atoms with Crippen LogP contribution in [-0.2, 0) is 6.42 Å². The molecule has 0 unspecified atom stereocenters. The van der Waals surface area contributed by atoms with E-state index in [2.05, 4.69) is 26.3 Å². The molecular weight excluding hydrogens is 358 g/mol. The Morgan fingerprint density at radius 2 is 2.33 bits per heavy atom. The number of hydrogen-bond acceptors (Lipinski definition) is 5. The summed E-state index contributed by atoms with van der Waals surface area (Å²) in [5, 5.41) is 0.500. The number of aryl methyl sites for hydroxylation is 1. The summed E-state index contributed by atoms with van der Waals surface area (Å²) >= 11 is 4.59. The number of carbonyl (C=O) groups is 1. The average molecular weight is 368 g/mol. The Kier molecular flexibility index (Phi) is 3.64. The molecule has 0 aliphatic heterocycles. The molecule has 0 fully saturated rings. The molecule has 1 N–H and O–H groups in total. The zero-order valence-corrected chi connectivity index (χ0v) is 13.3. The van der Waals surface area contributed by atoms with Gasteiger partial charge in [-0.3, -0.25) is 15.0 Å². The molecule has 0 radical (unpaired) electrons. The van der Waals surface area contributed by atoms with E-state index in [1.807, 2.05) is 13.0 Å². The monoisotopic (exact) mass is 367 g/mol. The lowest BCUT2D eigenvalue weighted by Crippen LogP contribution is -2.32. The zero-order chi connectivity index (χ0) is 15.0. The van der Waals surface area contributed by atoms with E-state index in [9.17, 15) is 9.59 Å². The number of hydrogen-bond donors (Lipinski definition) is 1. The lowest BCUT2D eigenvalue weighted by molar-refractivity contribution is 0.0979. The summed E-state index contributed by atoms with van der Waals surface area (Å²) < 4.78 is 6.64. The van der Waals surface area contributed by atoms with Crippen molar-refractivity contribution in [1.82, 2.24) is 9.66 Å². The summed E-state index contributed by atoms with van der Waals surface area (Å²) in [5.41, 5.74) is 2.14. The molecule has 3 aromatic rings. The first-order chi connectivity index (χ1) is 10.1. The van der Waals surface area contributed by atoms with Gasteiger partial charge in [0.15, 0.2) is 10.4 Å². The molecule has 0 spiro atoms. The highest BCUT2D eigenvalue weighted by Crippen LogP contribution is 2.20. The fraction of sp³-hybridized carbons (Fsp3) is 0.154. The molecule has 8 heteroatoms. The minimum absolute atomic E-state index is 0.105. The molecule has 0 saturated carbocycles. The summed E-state index contributed by atoms with van der Waals surface area (Å²) in [6.07, 6.45) is 2.14. The van der Waals surface area contributed by atoms with Gasteiger partial charge < -0.3 is 4.42 Å². The molecule has 0 aliphatic carbocycles. The first-order valence-electron chi connectivity index (χ1n) is 6.15. The van der Waals surface area contributed by atoms with Gasteiger partial charge in [0.2, 0.25) is 0 Å². The van der Waals surface area contributed by atoms with Crippen molar-refractivity contribution >= 4 is 43.4 Å². The van der Waals surface area contributed by atoms with Crippen LogP contribution in [0.3, 0.4) is 0 Å². The highest BCUT2D eigenvalue weighted by molar-refractivity contribution is 9.10. The summed E-state index contributed by atoms with van der Waals surface area (Å²) in [7, 11) is 0. The molecule has 3 rings (SSSR count). The number of fused-ring (bicyclic) bond motifs is 1. The first kappa shape index (κ1) is 14.0. The van der Waals surface area contributed by atoms with E-state index in [1.165, 1.54) is 23.7 Å². The summed E-state index contributed by atoms with van der Waals surface area (Å²) in [6.45, 7) is 2.01. The number of thiophene rings is 1. The Bertz CT molecular complexity index is 880. The second-order valence-electron chi connectivity index (χ2n) is 4.25. The van der Waals surface area contributed by atoms with Crippen LogP contribution < -0.4 is 11.0 Å². The van der Waals surface area contributed by atoms with Crippen LogP contribution in [0.25, 0.3) is 10.2 Å². The number of carbonyl (C=O) groups excluding carboxylic acids is 1. The van der Waals surface area contributed by atoms with Crippen LogP contribution in [-0.4, -0.2) is 15.6 Å². The Morgan fingerprint density at radius 3 is 3.00 bits per heavy atom. The van der Waals surface area contributed by atoms with Crippen molar-refractivity contribution in [2.45, 2.75) is 13.3 Å². The Balaban J connectivity index is 1.95. The number of aromatic nitrogens is 2. The molecule has 21 heavy (non-hydrogen) atoms. The smallest absolute Gasteiger partial charge is 0.305 e. The Morgan fingerprint density at radius 1 is 1.52 bits per heavy atom. The van der Waals surface area contributed by atoms with Gasteiger partial charge in [0.25, 0.3) is 5.56 Å².